The van der Waals surface area contributed by atoms with E-state index in [0.717, 1.165) is 11.3 Å². The topological polar surface area (TPSA) is 73.9 Å². The van der Waals surface area contributed by atoms with Gasteiger partial charge in [-0.3, -0.25) is 4.79 Å². The number of carbonyl (C=O) groups excluding carboxylic acids is 2. The predicted molar refractivity (Wildman–Crippen MR) is 128 cm³/mol. The molecule has 178 valence electrons. The molecule has 1 N–H and O–H groups in total. The molecule has 1 aliphatic heterocycles. The number of halogens is 2. The highest BCUT2D eigenvalue weighted by molar-refractivity contribution is 9.10. The second-order valence-corrected chi connectivity index (χ2v) is 9.15. The Balaban J connectivity index is 1.79. The summed E-state index contributed by atoms with van der Waals surface area (Å²) in [5.74, 6) is -0.541. The molecular formula is C26H25BrFNO5. The van der Waals surface area contributed by atoms with Gasteiger partial charge in [-0.1, -0.05) is 12.1 Å². The van der Waals surface area contributed by atoms with Crippen molar-refractivity contribution < 1.29 is 28.2 Å². The van der Waals surface area contributed by atoms with Crippen molar-refractivity contribution in [1.29, 1.82) is 0 Å². The Morgan fingerprint density at radius 3 is 2.38 bits per heavy atom. The minimum atomic E-state index is -0.653. The SMILES string of the molecule is COC(=O)C1=C(C)NC2=C(C(=O)CC(c3ccc(OC)c(OC)c3)C2)C1c1ccc(F)c(Br)c1. The molecule has 1 heterocycles. The number of ketones is 1. The molecule has 34 heavy (non-hydrogen) atoms. The highest BCUT2D eigenvalue weighted by Crippen LogP contribution is 2.46. The summed E-state index contributed by atoms with van der Waals surface area (Å²) in [6.07, 6.45) is 0.837. The second kappa shape index (κ2) is 9.62. The fourth-order valence-corrected chi connectivity index (χ4v) is 5.18. The molecular weight excluding hydrogens is 505 g/mol. The van der Waals surface area contributed by atoms with Crippen molar-refractivity contribution in [3.05, 3.63) is 80.4 Å². The Kier molecular flexibility index (Phi) is 6.79. The van der Waals surface area contributed by atoms with E-state index < -0.39 is 17.7 Å². The molecule has 0 bridgehead atoms. The second-order valence-electron chi connectivity index (χ2n) is 8.30. The van der Waals surface area contributed by atoms with Gasteiger partial charge < -0.3 is 19.5 Å². The first-order chi connectivity index (χ1) is 16.3. The summed E-state index contributed by atoms with van der Waals surface area (Å²) >= 11 is 3.22. The summed E-state index contributed by atoms with van der Waals surface area (Å²) < 4.78 is 30.0. The van der Waals surface area contributed by atoms with Crippen molar-refractivity contribution >= 4 is 27.7 Å². The number of allylic oxidation sites excluding steroid dienone is 3. The van der Waals surface area contributed by atoms with Crippen molar-refractivity contribution in [2.45, 2.75) is 31.6 Å². The van der Waals surface area contributed by atoms with Gasteiger partial charge in [-0.15, -0.1) is 0 Å². The third-order valence-electron chi connectivity index (χ3n) is 6.39. The lowest BCUT2D eigenvalue weighted by Crippen LogP contribution is -2.36. The van der Waals surface area contributed by atoms with Crippen molar-refractivity contribution in [3.8, 4) is 11.5 Å². The first-order valence-corrected chi connectivity index (χ1v) is 11.6. The molecule has 2 unspecified atom stereocenters. The molecule has 2 aliphatic rings. The van der Waals surface area contributed by atoms with Gasteiger partial charge in [0.2, 0.25) is 0 Å². The maximum absolute atomic E-state index is 14.0. The van der Waals surface area contributed by atoms with E-state index in [2.05, 4.69) is 21.2 Å². The van der Waals surface area contributed by atoms with Crippen LogP contribution in [0.25, 0.3) is 0 Å². The Bertz CT molecular complexity index is 1240. The Hall–Kier alpha value is -3.13. The van der Waals surface area contributed by atoms with Crippen LogP contribution in [0.4, 0.5) is 4.39 Å². The van der Waals surface area contributed by atoms with Crippen LogP contribution < -0.4 is 14.8 Å². The number of methoxy groups -OCH3 is 3. The van der Waals surface area contributed by atoms with E-state index in [4.69, 9.17) is 14.2 Å². The minimum Gasteiger partial charge on any atom is -0.493 e. The number of Topliss-reactive ketones (excluding diaryl/α,β-unsaturated/α-hetero) is 1. The van der Waals surface area contributed by atoms with E-state index in [1.807, 2.05) is 18.2 Å². The average Bonchev–Trinajstić information content (AvgIpc) is 2.83. The number of hydrogen-bond donors (Lipinski definition) is 1. The van der Waals surface area contributed by atoms with E-state index in [-0.39, 0.29) is 22.6 Å². The highest BCUT2D eigenvalue weighted by Gasteiger charge is 2.41. The molecule has 0 spiro atoms. The van der Waals surface area contributed by atoms with Crippen LogP contribution in [-0.2, 0) is 14.3 Å². The zero-order valence-electron chi connectivity index (χ0n) is 19.3. The fourth-order valence-electron chi connectivity index (χ4n) is 4.79. The maximum Gasteiger partial charge on any atom is 0.336 e. The summed E-state index contributed by atoms with van der Waals surface area (Å²) in [6, 6.07) is 10.2. The molecule has 2 aromatic rings. The maximum atomic E-state index is 14.0. The molecule has 2 aromatic carbocycles. The lowest BCUT2D eigenvalue weighted by Gasteiger charge is -2.36. The van der Waals surface area contributed by atoms with E-state index in [9.17, 15) is 14.0 Å². The van der Waals surface area contributed by atoms with Crippen LogP contribution >= 0.6 is 15.9 Å². The van der Waals surface area contributed by atoms with E-state index >= 15 is 0 Å². The molecule has 0 fully saturated rings. The summed E-state index contributed by atoms with van der Waals surface area (Å²) in [5, 5.41) is 3.29. The number of esters is 1. The van der Waals surface area contributed by atoms with E-state index in [1.165, 1.54) is 13.2 Å². The van der Waals surface area contributed by atoms with Crippen molar-refractivity contribution in [3.63, 3.8) is 0 Å². The number of carbonyl (C=O) groups is 2. The van der Waals surface area contributed by atoms with Crippen LogP contribution in [0.5, 0.6) is 11.5 Å². The van der Waals surface area contributed by atoms with Gasteiger partial charge in [0.1, 0.15) is 5.82 Å². The number of hydrogen-bond acceptors (Lipinski definition) is 6. The van der Waals surface area contributed by atoms with Crippen molar-refractivity contribution in [2.24, 2.45) is 0 Å². The van der Waals surface area contributed by atoms with Crippen molar-refractivity contribution in [1.82, 2.24) is 5.32 Å². The van der Waals surface area contributed by atoms with Gasteiger partial charge in [-0.05, 0) is 70.6 Å². The molecule has 0 aromatic heterocycles. The van der Waals surface area contributed by atoms with Crippen LogP contribution in [0.15, 0.2) is 63.4 Å². The Morgan fingerprint density at radius 2 is 1.74 bits per heavy atom. The first-order valence-electron chi connectivity index (χ1n) is 10.8. The highest BCUT2D eigenvalue weighted by atomic mass is 79.9. The van der Waals surface area contributed by atoms with Gasteiger partial charge in [0, 0.05) is 29.3 Å². The van der Waals surface area contributed by atoms with E-state index in [0.29, 0.717) is 40.3 Å². The van der Waals surface area contributed by atoms with Crippen molar-refractivity contribution in [2.75, 3.05) is 21.3 Å². The number of dihydropyridines is 1. The van der Waals surface area contributed by atoms with Gasteiger partial charge in [0.25, 0.3) is 0 Å². The summed E-state index contributed by atoms with van der Waals surface area (Å²) in [5.41, 5.74) is 3.82. The lowest BCUT2D eigenvalue weighted by molar-refractivity contribution is -0.136. The molecule has 8 heteroatoms. The zero-order chi connectivity index (χ0) is 24.6. The first kappa shape index (κ1) is 24.0. The number of nitrogens with one attached hydrogen (secondary N) is 1. The van der Waals surface area contributed by atoms with E-state index in [1.54, 1.807) is 33.3 Å². The van der Waals surface area contributed by atoms with Crippen LogP contribution in [0.2, 0.25) is 0 Å². The van der Waals surface area contributed by atoms with Gasteiger partial charge in [0.05, 0.1) is 31.4 Å². The predicted octanol–water partition coefficient (Wildman–Crippen LogP) is 5.14. The summed E-state index contributed by atoms with van der Waals surface area (Å²) in [7, 11) is 4.46. The largest absolute Gasteiger partial charge is 0.493 e. The van der Waals surface area contributed by atoms with Crippen LogP contribution in [0, 0.1) is 5.82 Å². The quantitative estimate of drug-likeness (QED) is 0.540. The zero-order valence-corrected chi connectivity index (χ0v) is 20.9. The standard InChI is InChI=1S/C26H25BrFNO5/c1-13-23(26(31)34-4)24(15-5-7-18(28)17(27)9-15)25-19(29-13)10-16(11-20(25)30)14-6-8-21(32-2)22(12-14)33-3/h5-9,12,16,24,29H,10-11H2,1-4H3. The lowest BCUT2D eigenvalue weighted by atomic mass is 9.71. The number of benzene rings is 2. The monoisotopic (exact) mass is 529 g/mol. The molecule has 0 amide bonds. The average molecular weight is 530 g/mol. The summed E-state index contributed by atoms with van der Waals surface area (Å²) in [4.78, 5) is 26.3. The Morgan fingerprint density at radius 1 is 1.03 bits per heavy atom. The molecule has 0 saturated heterocycles. The molecule has 4 rings (SSSR count). The molecule has 0 radical (unpaired) electrons. The van der Waals surface area contributed by atoms with Gasteiger partial charge in [0.15, 0.2) is 17.3 Å². The molecule has 6 nitrogen and oxygen atoms in total. The van der Waals surface area contributed by atoms with Gasteiger partial charge >= 0.3 is 5.97 Å². The minimum absolute atomic E-state index is 0.0760. The number of ether oxygens (including phenoxy) is 3. The van der Waals surface area contributed by atoms with Crippen LogP contribution in [-0.4, -0.2) is 33.1 Å². The number of rotatable bonds is 5. The molecule has 2 atom stereocenters. The Labute approximate surface area is 205 Å². The fraction of sp³-hybridized carbons (Fsp3) is 0.308. The summed E-state index contributed by atoms with van der Waals surface area (Å²) in [6.45, 7) is 1.78. The van der Waals surface area contributed by atoms with Crippen LogP contribution in [0.1, 0.15) is 42.7 Å². The smallest absolute Gasteiger partial charge is 0.336 e. The van der Waals surface area contributed by atoms with Crippen LogP contribution in [0.3, 0.4) is 0 Å². The third kappa shape index (κ3) is 4.22. The normalized spacial score (nSPS) is 20.0. The third-order valence-corrected chi connectivity index (χ3v) is 7.00. The molecule has 0 saturated carbocycles. The van der Waals surface area contributed by atoms with Gasteiger partial charge in [-0.25, -0.2) is 9.18 Å². The molecule has 1 aliphatic carbocycles. The van der Waals surface area contributed by atoms with Gasteiger partial charge in [-0.2, -0.15) is 0 Å².